The molecule has 1 N–H and O–H groups in total. The summed E-state index contributed by atoms with van der Waals surface area (Å²) in [5, 5.41) is 3.30. The normalized spacial score (nSPS) is 18.2. The molecule has 2 rings (SSSR count). The number of anilines is 1. The van der Waals surface area contributed by atoms with Crippen molar-refractivity contribution in [2.24, 2.45) is 0 Å². The molecule has 1 aromatic carbocycles. The van der Waals surface area contributed by atoms with Gasteiger partial charge in [-0.1, -0.05) is 11.6 Å². The first kappa shape index (κ1) is 10.3. The largest absolute Gasteiger partial charge is 0.490 e. The smallest absolute Gasteiger partial charge is 0.221 e. The summed E-state index contributed by atoms with van der Waals surface area (Å²) in [7, 11) is 0. The summed E-state index contributed by atoms with van der Waals surface area (Å²) in [6.07, 6.45) is 0.928. The molecular formula is C11H12ClNO2. The number of hydrogen-bond donors (Lipinski definition) is 1. The van der Waals surface area contributed by atoms with Crippen LogP contribution in [-0.4, -0.2) is 12.0 Å². The monoisotopic (exact) mass is 225 g/mol. The van der Waals surface area contributed by atoms with Gasteiger partial charge >= 0.3 is 0 Å². The predicted molar refractivity (Wildman–Crippen MR) is 59.5 cm³/mol. The van der Waals surface area contributed by atoms with Crippen LogP contribution < -0.4 is 10.1 Å². The second kappa shape index (κ2) is 3.74. The molecule has 80 valence electrons. The molecule has 0 bridgehead atoms. The van der Waals surface area contributed by atoms with Crippen LogP contribution in [0.25, 0.3) is 0 Å². The van der Waals surface area contributed by atoms with Gasteiger partial charge in [-0.15, -0.1) is 0 Å². The maximum atomic E-state index is 11.0. The van der Waals surface area contributed by atoms with Crippen molar-refractivity contribution >= 4 is 23.2 Å². The van der Waals surface area contributed by atoms with Crippen molar-refractivity contribution < 1.29 is 9.53 Å². The van der Waals surface area contributed by atoms with Crippen molar-refractivity contribution in [3.05, 3.63) is 22.7 Å². The van der Waals surface area contributed by atoms with Crippen LogP contribution >= 0.6 is 11.6 Å². The van der Waals surface area contributed by atoms with Gasteiger partial charge < -0.3 is 10.1 Å². The Labute approximate surface area is 93.4 Å². The fraction of sp³-hybridized carbons (Fsp3) is 0.364. The number of amides is 1. The highest BCUT2D eigenvalue weighted by Crippen LogP contribution is 2.38. The number of carbonyl (C=O) groups is 1. The fourth-order valence-electron chi connectivity index (χ4n) is 1.77. The Kier molecular flexibility index (Phi) is 2.57. The van der Waals surface area contributed by atoms with Crippen LogP contribution in [0.5, 0.6) is 5.75 Å². The van der Waals surface area contributed by atoms with E-state index in [9.17, 15) is 4.79 Å². The molecule has 1 aliphatic rings. The molecule has 0 saturated carbocycles. The third kappa shape index (κ3) is 1.92. The van der Waals surface area contributed by atoms with Crippen molar-refractivity contribution in [1.29, 1.82) is 0 Å². The predicted octanol–water partition coefficient (Wildman–Crippen LogP) is 2.62. The highest BCUT2D eigenvalue weighted by molar-refractivity contribution is 6.34. The molecule has 0 fully saturated rings. The molecule has 0 aromatic heterocycles. The molecule has 1 atom stereocenters. The SMILES string of the molecule is CC(=O)Nc1c(Cl)ccc2c1CC(C)O2. The third-order valence-electron chi connectivity index (χ3n) is 2.34. The van der Waals surface area contributed by atoms with E-state index < -0.39 is 0 Å². The lowest BCUT2D eigenvalue weighted by Gasteiger charge is -2.09. The van der Waals surface area contributed by atoms with Crippen molar-refractivity contribution in [2.75, 3.05) is 5.32 Å². The number of halogens is 1. The van der Waals surface area contributed by atoms with E-state index in [2.05, 4.69) is 5.32 Å². The number of carbonyl (C=O) groups excluding carboxylic acids is 1. The zero-order valence-electron chi connectivity index (χ0n) is 8.63. The van der Waals surface area contributed by atoms with Gasteiger partial charge in [0.05, 0.1) is 10.7 Å². The average molecular weight is 226 g/mol. The van der Waals surface area contributed by atoms with E-state index >= 15 is 0 Å². The molecular weight excluding hydrogens is 214 g/mol. The molecule has 3 nitrogen and oxygen atoms in total. The van der Waals surface area contributed by atoms with Gasteiger partial charge in [0.1, 0.15) is 11.9 Å². The molecule has 0 radical (unpaired) electrons. The van der Waals surface area contributed by atoms with Crippen LogP contribution in [0.15, 0.2) is 12.1 Å². The molecule has 1 amide bonds. The van der Waals surface area contributed by atoms with Crippen LogP contribution in [0, 0.1) is 0 Å². The highest BCUT2D eigenvalue weighted by atomic mass is 35.5. The fourth-order valence-corrected chi connectivity index (χ4v) is 1.99. The molecule has 1 heterocycles. The number of nitrogens with one attached hydrogen (secondary N) is 1. The van der Waals surface area contributed by atoms with Crippen molar-refractivity contribution in [3.63, 3.8) is 0 Å². The first-order chi connectivity index (χ1) is 7.08. The summed E-state index contributed by atoms with van der Waals surface area (Å²) in [6.45, 7) is 3.46. The molecule has 15 heavy (non-hydrogen) atoms. The van der Waals surface area contributed by atoms with Gasteiger partial charge in [-0.2, -0.15) is 0 Å². The summed E-state index contributed by atoms with van der Waals surface area (Å²) < 4.78 is 5.57. The Balaban J connectivity index is 2.44. The molecule has 1 unspecified atom stereocenters. The Bertz CT molecular complexity index is 417. The quantitative estimate of drug-likeness (QED) is 0.798. The Hall–Kier alpha value is -1.22. The van der Waals surface area contributed by atoms with Gasteiger partial charge in [0.25, 0.3) is 0 Å². The van der Waals surface area contributed by atoms with Crippen LogP contribution in [-0.2, 0) is 11.2 Å². The van der Waals surface area contributed by atoms with Gasteiger partial charge in [-0.3, -0.25) is 4.79 Å². The Morgan fingerprint density at radius 3 is 3.00 bits per heavy atom. The highest BCUT2D eigenvalue weighted by Gasteiger charge is 2.24. The summed E-state index contributed by atoms with van der Waals surface area (Å²) in [6, 6.07) is 3.58. The number of benzene rings is 1. The maximum Gasteiger partial charge on any atom is 0.221 e. The molecule has 0 spiro atoms. The van der Waals surface area contributed by atoms with Crippen molar-refractivity contribution in [2.45, 2.75) is 26.4 Å². The van der Waals surface area contributed by atoms with Crippen LogP contribution in [0.2, 0.25) is 5.02 Å². The van der Waals surface area contributed by atoms with Gasteiger partial charge in [0.15, 0.2) is 0 Å². The number of ether oxygens (including phenoxy) is 1. The summed E-state index contributed by atoms with van der Waals surface area (Å²) in [5.41, 5.74) is 1.68. The zero-order valence-corrected chi connectivity index (χ0v) is 9.39. The first-order valence-electron chi connectivity index (χ1n) is 4.83. The lowest BCUT2D eigenvalue weighted by Crippen LogP contribution is -2.09. The van der Waals surface area contributed by atoms with E-state index in [-0.39, 0.29) is 12.0 Å². The second-order valence-electron chi connectivity index (χ2n) is 3.71. The first-order valence-corrected chi connectivity index (χ1v) is 5.21. The molecule has 0 aliphatic carbocycles. The van der Waals surface area contributed by atoms with Crippen LogP contribution in [0.3, 0.4) is 0 Å². The van der Waals surface area contributed by atoms with Gasteiger partial charge in [-0.25, -0.2) is 0 Å². The summed E-state index contributed by atoms with van der Waals surface area (Å²) >= 11 is 6.03. The van der Waals surface area contributed by atoms with Gasteiger partial charge in [-0.05, 0) is 19.1 Å². The topological polar surface area (TPSA) is 38.3 Å². The summed E-state index contributed by atoms with van der Waals surface area (Å²) in [5.74, 6) is 0.695. The zero-order chi connectivity index (χ0) is 11.0. The van der Waals surface area contributed by atoms with E-state index in [4.69, 9.17) is 16.3 Å². The van der Waals surface area contributed by atoms with Crippen molar-refractivity contribution in [3.8, 4) is 5.75 Å². The lowest BCUT2D eigenvalue weighted by molar-refractivity contribution is -0.114. The second-order valence-corrected chi connectivity index (χ2v) is 4.12. The molecule has 1 aliphatic heterocycles. The third-order valence-corrected chi connectivity index (χ3v) is 2.65. The molecule has 1 aromatic rings. The van der Waals surface area contributed by atoms with E-state index in [1.807, 2.05) is 13.0 Å². The number of hydrogen-bond acceptors (Lipinski definition) is 2. The minimum atomic E-state index is -0.121. The van der Waals surface area contributed by atoms with Crippen LogP contribution in [0.1, 0.15) is 19.4 Å². The van der Waals surface area contributed by atoms with E-state index in [0.717, 1.165) is 17.7 Å². The van der Waals surface area contributed by atoms with Crippen molar-refractivity contribution in [1.82, 2.24) is 0 Å². The Morgan fingerprint density at radius 2 is 2.33 bits per heavy atom. The number of rotatable bonds is 1. The standard InChI is InChI=1S/C11H12ClNO2/c1-6-5-8-10(15-6)4-3-9(12)11(8)13-7(2)14/h3-4,6H,5H2,1-2H3,(H,13,14). The van der Waals surface area contributed by atoms with Gasteiger partial charge in [0, 0.05) is 18.9 Å². The van der Waals surface area contributed by atoms with E-state index in [1.54, 1.807) is 6.07 Å². The number of fused-ring (bicyclic) bond motifs is 1. The molecule has 0 saturated heterocycles. The van der Waals surface area contributed by atoms with E-state index in [0.29, 0.717) is 10.7 Å². The lowest BCUT2D eigenvalue weighted by atomic mass is 10.1. The van der Waals surface area contributed by atoms with Gasteiger partial charge in [0.2, 0.25) is 5.91 Å². The van der Waals surface area contributed by atoms with E-state index in [1.165, 1.54) is 6.92 Å². The van der Waals surface area contributed by atoms with Crippen LogP contribution in [0.4, 0.5) is 5.69 Å². The maximum absolute atomic E-state index is 11.0. The minimum absolute atomic E-state index is 0.121. The minimum Gasteiger partial charge on any atom is -0.490 e. The Morgan fingerprint density at radius 1 is 1.60 bits per heavy atom. The molecule has 4 heteroatoms. The average Bonchev–Trinajstić information content (AvgIpc) is 2.51. The summed E-state index contributed by atoms with van der Waals surface area (Å²) in [4.78, 5) is 11.0.